The summed E-state index contributed by atoms with van der Waals surface area (Å²) in [6.07, 6.45) is 1.57. The maximum Gasteiger partial charge on any atom is 0.275 e. The van der Waals surface area contributed by atoms with Crippen molar-refractivity contribution < 1.29 is 9.59 Å². The molecule has 7 heteroatoms. The third kappa shape index (κ3) is 4.36. The standard InChI is InChI=1S/C19H14ClN3O2S/c20-15(13-7-3-1-4-8-13)16(18(25)23-19-21-11-12-26-19)22-17(24)14-9-5-2-6-10-14/h1-12H,(H,22,24)(H,21,23,25)/b16-15+. The minimum Gasteiger partial charge on any atom is -0.316 e. The number of hydrogen-bond donors (Lipinski definition) is 2. The molecule has 0 bridgehead atoms. The van der Waals surface area contributed by atoms with Crippen LogP contribution >= 0.6 is 22.9 Å². The van der Waals surface area contributed by atoms with Gasteiger partial charge < -0.3 is 5.32 Å². The van der Waals surface area contributed by atoms with E-state index in [-0.39, 0.29) is 10.7 Å². The van der Waals surface area contributed by atoms with Crippen LogP contribution in [0.25, 0.3) is 5.03 Å². The summed E-state index contributed by atoms with van der Waals surface area (Å²) in [7, 11) is 0. The zero-order valence-electron chi connectivity index (χ0n) is 13.5. The van der Waals surface area contributed by atoms with Gasteiger partial charge in [0, 0.05) is 17.1 Å². The first-order valence-corrected chi connectivity index (χ1v) is 8.93. The van der Waals surface area contributed by atoms with E-state index in [1.54, 1.807) is 66.2 Å². The second-order valence-corrected chi connectivity index (χ2v) is 6.44. The first-order valence-electron chi connectivity index (χ1n) is 7.67. The number of benzene rings is 2. The number of thiazole rings is 1. The number of nitrogens with one attached hydrogen (secondary N) is 2. The van der Waals surface area contributed by atoms with Crippen molar-refractivity contribution in [3.05, 3.63) is 89.1 Å². The molecule has 0 radical (unpaired) electrons. The molecule has 2 N–H and O–H groups in total. The Kier molecular flexibility index (Phi) is 5.78. The summed E-state index contributed by atoms with van der Waals surface area (Å²) >= 11 is 7.70. The van der Waals surface area contributed by atoms with Crippen LogP contribution in [-0.2, 0) is 4.79 Å². The lowest BCUT2D eigenvalue weighted by Gasteiger charge is -2.12. The Bertz CT molecular complexity index is 926. The third-order valence-corrected chi connectivity index (χ3v) is 4.50. The van der Waals surface area contributed by atoms with E-state index in [4.69, 9.17) is 11.6 Å². The summed E-state index contributed by atoms with van der Waals surface area (Å²) in [6, 6.07) is 17.6. The molecule has 0 fully saturated rings. The molecule has 0 saturated heterocycles. The van der Waals surface area contributed by atoms with Gasteiger partial charge in [0.05, 0.1) is 5.03 Å². The second kappa shape index (κ2) is 8.42. The van der Waals surface area contributed by atoms with Crippen molar-refractivity contribution in [1.82, 2.24) is 10.3 Å². The van der Waals surface area contributed by atoms with Crippen molar-refractivity contribution in [2.24, 2.45) is 0 Å². The highest BCUT2D eigenvalue weighted by Crippen LogP contribution is 2.23. The van der Waals surface area contributed by atoms with E-state index in [0.717, 1.165) is 0 Å². The molecule has 1 aromatic heterocycles. The molecule has 0 aliphatic rings. The summed E-state index contributed by atoms with van der Waals surface area (Å²) in [6.45, 7) is 0. The zero-order valence-corrected chi connectivity index (χ0v) is 15.1. The van der Waals surface area contributed by atoms with E-state index >= 15 is 0 Å². The molecule has 0 saturated carbocycles. The minimum absolute atomic E-state index is 0.0399. The number of hydrogen-bond acceptors (Lipinski definition) is 4. The van der Waals surface area contributed by atoms with E-state index in [9.17, 15) is 9.59 Å². The molecular weight excluding hydrogens is 370 g/mol. The molecule has 26 heavy (non-hydrogen) atoms. The summed E-state index contributed by atoms with van der Waals surface area (Å²) in [5.74, 6) is -0.970. The van der Waals surface area contributed by atoms with Crippen LogP contribution in [0.3, 0.4) is 0 Å². The quantitative estimate of drug-likeness (QED) is 0.651. The topological polar surface area (TPSA) is 71.1 Å². The lowest BCUT2D eigenvalue weighted by Crippen LogP contribution is -2.31. The molecule has 1 heterocycles. The van der Waals surface area contributed by atoms with Crippen molar-refractivity contribution in [2.75, 3.05) is 5.32 Å². The fourth-order valence-electron chi connectivity index (χ4n) is 2.16. The molecule has 2 amide bonds. The molecule has 3 aromatic rings. The predicted molar refractivity (Wildman–Crippen MR) is 104 cm³/mol. The fourth-order valence-corrected chi connectivity index (χ4v) is 2.94. The molecule has 0 aliphatic carbocycles. The van der Waals surface area contributed by atoms with Crippen LogP contribution in [-0.4, -0.2) is 16.8 Å². The Labute approximate surface area is 159 Å². The lowest BCUT2D eigenvalue weighted by atomic mass is 10.1. The van der Waals surface area contributed by atoms with Crippen molar-refractivity contribution in [1.29, 1.82) is 0 Å². The maximum atomic E-state index is 12.7. The van der Waals surface area contributed by atoms with E-state index in [0.29, 0.717) is 16.3 Å². The zero-order chi connectivity index (χ0) is 18.4. The van der Waals surface area contributed by atoms with E-state index in [2.05, 4.69) is 15.6 Å². The van der Waals surface area contributed by atoms with E-state index < -0.39 is 11.8 Å². The first kappa shape index (κ1) is 17.8. The van der Waals surface area contributed by atoms with Gasteiger partial charge in [0.1, 0.15) is 5.70 Å². The Balaban J connectivity index is 1.93. The highest BCUT2D eigenvalue weighted by Gasteiger charge is 2.20. The molecule has 0 spiro atoms. The van der Waals surface area contributed by atoms with Gasteiger partial charge in [-0.25, -0.2) is 4.98 Å². The SMILES string of the molecule is O=C(Nc1nccs1)/C(NC(=O)c1ccccc1)=C(\Cl)c1ccccc1. The Hall–Kier alpha value is -2.96. The molecular formula is C19H14ClN3O2S. The Morgan fingerprint density at radius 1 is 0.923 bits per heavy atom. The average molecular weight is 384 g/mol. The normalized spacial score (nSPS) is 11.4. The number of rotatable bonds is 5. The monoisotopic (exact) mass is 383 g/mol. The highest BCUT2D eigenvalue weighted by molar-refractivity contribution is 7.13. The first-order chi connectivity index (χ1) is 12.6. The Morgan fingerprint density at radius 2 is 1.54 bits per heavy atom. The number of carbonyl (C=O) groups is 2. The molecule has 0 aliphatic heterocycles. The largest absolute Gasteiger partial charge is 0.316 e. The third-order valence-electron chi connectivity index (χ3n) is 3.40. The van der Waals surface area contributed by atoms with Crippen LogP contribution in [0, 0.1) is 0 Å². The molecule has 3 rings (SSSR count). The lowest BCUT2D eigenvalue weighted by molar-refractivity contribution is -0.113. The Morgan fingerprint density at radius 3 is 2.12 bits per heavy atom. The number of aromatic nitrogens is 1. The molecule has 5 nitrogen and oxygen atoms in total. The average Bonchev–Trinajstić information content (AvgIpc) is 3.19. The number of carbonyl (C=O) groups excluding carboxylic acids is 2. The summed E-state index contributed by atoms with van der Waals surface area (Å²) in [4.78, 5) is 29.2. The van der Waals surface area contributed by atoms with Crippen molar-refractivity contribution in [3.63, 3.8) is 0 Å². The molecule has 0 atom stereocenters. The number of amides is 2. The van der Waals surface area contributed by atoms with Gasteiger partial charge in [-0.3, -0.25) is 14.9 Å². The summed E-state index contributed by atoms with van der Waals surface area (Å²) < 4.78 is 0. The van der Waals surface area contributed by atoms with Crippen molar-refractivity contribution >= 4 is 44.9 Å². The van der Waals surface area contributed by atoms with Crippen LogP contribution in [0.15, 0.2) is 77.9 Å². The van der Waals surface area contributed by atoms with Gasteiger partial charge >= 0.3 is 0 Å². The molecule has 0 unspecified atom stereocenters. The second-order valence-electron chi connectivity index (χ2n) is 5.17. The van der Waals surface area contributed by atoms with Gasteiger partial charge in [0.2, 0.25) is 0 Å². The van der Waals surface area contributed by atoms with Crippen LogP contribution in [0.5, 0.6) is 0 Å². The van der Waals surface area contributed by atoms with Crippen LogP contribution in [0.2, 0.25) is 0 Å². The number of anilines is 1. The van der Waals surface area contributed by atoms with E-state index in [1.165, 1.54) is 11.3 Å². The van der Waals surface area contributed by atoms with Gasteiger partial charge in [-0.1, -0.05) is 60.1 Å². The fraction of sp³-hybridized carbons (Fsp3) is 0. The number of halogens is 1. The van der Waals surface area contributed by atoms with Crippen molar-refractivity contribution in [2.45, 2.75) is 0 Å². The smallest absolute Gasteiger partial charge is 0.275 e. The van der Waals surface area contributed by atoms with Crippen LogP contribution < -0.4 is 10.6 Å². The minimum atomic E-state index is -0.543. The van der Waals surface area contributed by atoms with Crippen LogP contribution in [0.4, 0.5) is 5.13 Å². The van der Waals surface area contributed by atoms with Gasteiger partial charge in [0.25, 0.3) is 11.8 Å². The predicted octanol–water partition coefficient (Wildman–Crippen LogP) is 4.12. The highest BCUT2D eigenvalue weighted by atomic mass is 35.5. The number of nitrogens with zero attached hydrogens (tertiary/aromatic N) is 1. The molecule has 130 valence electrons. The van der Waals surface area contributed by atoms with E-state index in [1.807, 2.05) is 6.07 Å². The van der Waals surface area contributed by atoms with Gasteiger partial charge in [-0.15, -0.1) is 11.3 Å². The summed E-state index contributed by atoms with van der Waals surface area (Å²) in [5, 5.41) is 7.55. The maximum absolute atomic E-state index is 12.7. The van der Waals surface area contributed by atoms with Gasteiger partial charge in [-0.05, 0) is 17.7 Å². The van der Waals surface area contributed by atoms with Gasteiger partial charge in [-0.2, -0.15) is 0 Å². The molecule has 2 aromatic carbocycles. The van der Waals surface area contributed by atoms with Crippen LogP contribution in [0.1, 0.15) is 15.9 Å². The van der Waals surface area contributed by atoms with Gasteiger partial charge in [0.15, 0.2) is 5.13 Å². The van der Waals surface area contributed by atoms with Crippen molar-refractivity contribution in [3.8, 4) is 0 Å². The summed E-state index contributed by atoms with van der Waals surface area (Å²) in [5.41, 5.74) is 0.998.